The van der Waals surface area contributed by atoms with Crippen LogP contribution in [0.4, 0.5) is 0 Å². The van der Waals surface area contributed by atoms with E-state index in [1.165, 1.54) is 0 Å². The van der Waals surface area contributed by atoms with Crippen molar-refractivity contribution in [2.75, 3.05) is 6.61 Å². The number of nitrogens with one attached hydrogen (secondary N) is 1. The zero-order chi connectivity index (χ0) is 21.8. The van der Waals surface area contributed by atoms with Crippen molar-refractivity contribution in [3.8, 4) is 23.0 Å². The van der Waals surface area contributed by atoms with Gasteiger partial charge in [-0.1, -0.05) is 48.2 Å². The summed E-state index contributed by atoms with van der Waals surface area (Å²) in [6.07, 6.45) is 4.00. The number of imidazole rings is 1. The van der Waals surface area contributed by atoms with Crippen LogP contribution in [0.1, 0.15) is 54.9 Å². The van der Waals surface area contributed by atoms with Gasteiger partial charge >= 0.3 is 0 Å². The van der Waals surface area contributed by atoms with Crippen LogP contribution in [0.15, 0.2) is 60.9 Å². The summed E-state index contributed by atoms with van der Waals surface area (Å²) in [4.78, 5) is 15.6. The molecule has 0 unspecified atom stereocenters. The van der Waals surface area contributed by atoms with Crippen LogP contribution in [0.2, 0.25) is 0 Å². The summed E-state index contributed by atoms with van der Waals surface area (Å²) in [5.41, 5.74) is 4.15. The van der Waals surface area contributed by atoms with Crippen LogP contribution in [0.25, 0.3) is 11.1 Å². The smallest absolute Gasteiger partial charge is 0.220 e. The second-order valence-electron chi connectivity index (χ2n) is 7.69. The van der Waals surface area contributed by atoms with Gasteiger partial charge in [0.15, 0.2) is 0 Å². The number of hydrogen-bond donors (Lipinski definition) is 3. The van der Waals surface area contributed by atoms with Crippen molar-refractivity contribution < 1.29 is 15.0 Å². The molecule has 31 heavy (non-hydrogen) atoms. The van der Waals surface area contributed by atoms with Gasteiger partial charge in [0, 0.05) is 24.4 Å². The van der Waals surface area contributed by atoms with Gasteiger partial charge in [-0.15, -0.1) is 0 Å². The summed E-state index contributed by atoms with van der Waals surface area (Å²) >= 11 is 0. The quantitative estimate of drug-likeness (QED) is 0.559. The lowest BCUT2D eigenvalue weighted by Gasteiger charge is -2.14. The Morgan fingerprint density at radius 2 is 1.84 bits per heavy atom. The molecule has 1 saturated heterocycles. The summed E-state index contributed by atoms with van der Waals surface area (Å²) in [7, 11) is 0. The van der Waals surface area contributed by atoms with Crippen molar-refractivity contribution in [2.45, 2.75) is 38.0 Å². The Labute approximate surface area is 181 Å². The Bertz CT molecular complexity index is 1110. The number of aromatic nitrogens is 2. The predicted molar refractivity (Wildman–Crippen MR) is 118 cm³/mol. The zero-order valence-electron chi connectivity index (χ0n) is 17.3. The van der Waals surface area contributed by atoms with E-state index >= 15 is 0 Å². The van der Waals surface area contributed by atoms with E-state index in [0.29, 0.717) is 12.2 Å². The standard InChI is InChI=1S/C25H25N3O3/c1-17(30)25-26-14-15-28(25)22(16-29)11-4-18-2-5-19(6-3-18)20-7-9-21(10-8-20)23-12-13-24(31)27-23/h2-3,5-10,14-15,17,22-23,29-30H,12-13,16H2,1H3,(H,27,31)/t17-,22-,23+/m0/s1. The summed E-state index contributed by atoms with van der Waals surface area (Å²) in [6.45, 7) is 1.46. The molecule has 0 aliphatic carbocycles. The number of hydrogen-bond acceptors (Lipinski definition) is 4. The predicted octanol–water partition coefficient (Wildman–Crippen LogP) is 3.14. The molecule has 1 aliphatic heterocycles. The SMILES string of the molecule is C[C@H](O)c1nccn1[C@@H](C#Cc1ccc(-c2ccc([C@H]3CCC(=O)N3)cc2)cc1)CO. The van der Waals surface area contributed by atoms with Gasteiger partial charge in [-0.05, 0) is 42.2 Å². The Balaban J connectivity index is 1.47. The molecule has 1 aromatic heterocycles. The largest absolute Gasteiger partial charge is 0.393 e. The Morgan fingerprint density at radius 1 is 1.16 bits per heavy atom. The van der Waals surface area contributed by atoms with Gasteiger partial charge < -0.3 is 20.1 Å². The molecule has 0 spiro atoms. The Kier molecular flexibility index (Phi) is 6.17. The molecule has 6 nitrogen and oxygen atoms in total. The van der Waals surface area contributed by atoms with E-state index in [2.05, 4.69) is 46.4 Å². The van der Waals surface area contributed by atoms with Crippen molar-refractivity contribution in [2.24, 2.45) is 0 Å². The van der Waals surface area contributed by atoms with Crippen LogP contribution in [0.3, 0.4) is 0 Å². The minimum atomic E-state index is -0.735. The monoisotopic (exact) mass is 415 g/mol. The average Bonchev–Trinajstić information content (AvgIpc) is 3.44. The van der Waals surface area contributed by atoms with E-state index in [4.69, 9.17) is 0 Å². The first-order valence-electron chi connectivity index (χ1n) is 10.4. The third-order valence-corrected chi connectivity index (χ3v) is 5.49. The molecule has 6 heteroatoms. The highest BCUT2D eigenvalue weighted by molar-refractivity contribution is 5.78. The molecule has 1 fully saturated rings. The minimum Gasteiger partial charge on any atom is -0.393 e. The van der Waals surface area contributed by atoms with E-state index in [9.17, 15) is 15.0 Å². The van der Waals surface area contributed by atoms with Gasteiger partial charge in [-0.3, -0.25) is 4.79 Å². The number of aliphatic hydroxyl groups excluding tert-OH is 2. The third-order valence-electron chi connectivity index (χ3n) is 5.49. The van der Waals surface area contributed by atoms with Crippen LogP contribution in [-0.4, -0.2) is 32.3 Å². The summed E-state index contributed by atoms with van der Waals surface area (Å²) in [6, 6.07) is 15.8. The maximum absolute atomic E-state index is 11.4. The van der Waals surface area contributed by atoms with Crippen LogP contribution < -0.4 is 5.32 Å². The fourth-order valence-corrected chi connectivity index (χ4v) is 3.80. The van der Waals surface area contributed by atoms with Gasteiger partial charge in [0.2, 0.25) is 5.91 Å². The molecule has 2 aromatic carbocycles. The van der Waals surface area contributed by atoms with Crippen LogP contribution >= 0.6 is 0 Å². The van der Waals surface area contributed by atoms with Crippen molar-refractivity contribution in [3.05, 3.63) is 77.9 Å². The van der Waals surface area contributed by atoms with Crippen LogP contribution in [0.5, 0.6) is 0 Å². The molecule has 158 valence electrons. The number of amides is 1. The third kappa shape index (κ3) is 4.69. The molecule has 0 bridgehead atoms. The fraction of sp³-hybridized carbons (Fsp3) is 0.280. The molecule has 4 rings (SSSR count). The Morgan fingerprint density at radius 3 is 2.42 bits per heavy atom. The lowest BCUT2D eigenvalue weighted by atomic mass is 9.99. The van der Waals surface area contributed by atoms with Crippen molar-refractivity contribution in [3.63, 3.8) is 0 Å². The fourth-order valence-electron chi connectivity index (χ4n) is 3.80. The summed E-state index contributed by atoms with van der Waals surface area (Å²) in [5.74, 6) is 6.75. The van der Waals surface area contributed by atoms with Crippen LogP contribution in [0, 0.1) is 11.8 Å². The topological polar surface area (TPSA) is 87.4 Å². The summed E-state index contributed by atoms with van der Waals surface area (Å²) < 4.78 is 1.69. The molecular formula is C25H25N3O3. The van der Waals surface area contributed by atoms with Crippen LogP contribution in [-0.2, 0) is 4.79 Å². The summed E-state index contributed by atoms with van der Waals surface area (Å²) in [5, 5.41) is 22.5. The normalized spacial score (nSPS) is 17.5. The van der Waals surface area contributed by atoms with E-state index in [1.807, 2.05) is 24.3 Å². The van der Waals surface area contributed by atoms with E-state index in [1.54, 1.807) is 23.9 Å². The number of benzene rings is 2. The van der Waals surface area contributed by atoms with Gasteiger partial charge in [-0.25, -0.2) is 4.98 Å². The molecule has 2 heterocycles. The molecule has 0 saturated carbocycles. The highest BCUT2D eigenvalue weighted by Crippen LogP contribution is 2.27. The van der Waals surface area contributed by atoms with Gasteiger partial charge in [-0.2, -0.15) is 0 Å². The molecule has 3 atom stereocenters. The molecule has 0 radical (unpaired) electrons. The molecule has 1 amide bonds. The first-order chi connectivity index (χ1) is 15.0. The molecule has 3 aromatic rings. The van der Waals surface area contributed by atoms with Gasteiger partial charge in [0.05, 0.1) is 12.6 Å². The number of carbonyl (C=O) groups excluding carboxylic acids is 1. The van der Waals surface area contributed by atoms with Crippen molar-refractivity contribution >= 4 is 5.91 Å². The second kappa shape index (κ2) is 9.17. The van der Waals surface area contributed by atoms with E-state index in [0.717, 1.165) is 28.7 Å². The Hall–Kier alpha value is -3.40. The lowest BCUT2D eigenvalue weighted by Crippen LogP contribution is -2.18. The maximum atomic E-state index is 11.4. The number of aliphatic hydroxyl groups is 2. The lowest BCUT2D eigenvalue weighted by molar-refractivity contribution is -0.119. The van der Waals surface area contributed by atoms with Crippen molar-refractivity contribution in [1.82, 2.24) is 14.9 Å². The van der Waals surface area contributed by atoms with E-state index < -0.39 is 12.1 Å². The number of carbonyl (C=O) groups is 1. The highest BCUT2D eigenvalue weighted by Gasteiger charge is 2.22. The molecule has 1 aliphatic rings. The maximum Gasteiger partial charge on any atom is 0.220 e. The number of nitrogens with zero attached hydrogens (tertiary/aromatic N) is 2. The minimum absolute atomic E-state index is 0.114. The van der Waals surface area contributed by atoms with Gasteiger partial charge in [0.25, 0.3) is 0 Å². The first-order valence-corrected chi connectivity index (χ1v) is 10.4. The zero-order valence-corrected chi connectivity index (χ0v) is 17.3. The van der Waals surface area contributed by atoms with E-state index in [-0.39, 0.29) is 18.6 Å². The second-order valence-corrected chi connectivity index (χ2v) is 7.69. The molecular weight excluding hydrogens is 390 g/mol. The van der Waals surface area contributed by atoms with Crippen molar-refractivity contribution in [1.29, 1.82) is 0 Å². The number of rotatable bonds is 5. The first kappa shape index (κ1) is 20.9. The van der Waals surface area contributed by atoms with Gasteiger partial charge in [0.1, 0.15) is 18.0 Å². The highest BCUT2D eigenvalue weighted by atomic mass is 16.3. The average molecular weight is 415 g/mol. The molecule has 3 N–H and O–H groups in total.